The Hall–Kier alpha value is -2.51. The second-order valence-corrected chi connectivity index (χ2v) is 8.66. The van der Waals surface area contributed by atoms with E-state index < -0.39 is 29.8 Å². The van der Waals surface area contributed by atoms with Crippen LogP contribution in [-0.2, 0) is 4.74 Å². The van der Waals surface area contributed by atoms with Gasteiger partial charge in [0.05, 0.1) is 12.2 Å². The van der Waals surface area contributed by atoms with E-state index in [0.717, 1.165) is 22.0 Å². The zero-order valence-electron chi connectivity index (χ0n) is 17.2. The normalized spacial score (nSPS) is 19.6. The van der Waals surface area contributed by atoms with Gasteiger partial charge in [0, 0.05) is 6.42 Å². The summed E-state index contributed by atoms with van der Waals surface area (Å²) in [6.07, 6.45) is -3.57. The van der Waals surface area contributed by atoms with Crippen molar-refractivity contribution < 1.29 is 22.7 Å². The topological polar surface area (TPSA) is 56.2 Å². The van der Waals surface area contributed by atoms with Crippen molar-refractivity contribution in [2.45, 2.75) is 70.8 Å². The van der Waals surface area contributed by atoms with Gasteiger partial charge in [0.25, 0.3) is 0 Å². The van der Waals surface area contributed by atoms with Crippen LogP contribution in [0.3, 0.4) is 0 Å². The number of carbonyl (C=O) groups is 1. The summed E-state index contributed by atoms with van der Waals surface area (Å²) in [6, 6.07) is 5.08. The van der Waals surface area contributed by atoms with Gasteiger partial charge in [-0.2, -0.15) is 18.3 Å². The second kappa shape index (κ2) is 7.39. The van der Waals surface area contributed by atoms with Crippen LogP contribution >= 0.6 is 0 Å². The van der Waals surface area contributed by atoms with Gasteiger partial charge in [-0.05, 0) is 37.8 Å². The fraction of sp³-hybridized carbons (Fsp3) is 0.524. The first-order valence-electron chi connectivity index (χ1n) is 9.61. The number of nitrogens with one attached hydrogen (secondary N) is 1. The standard InChI is InChI=1S/C21H26F3N3O2/c1-12(2)13-6-8-14(9-7-13)16-10-17(21(22,23)24)27-18(26-16)15(11-25-27)19(28)29-20(3,4)5/h6-9,11-12,16-17,26H,10H2,1-5H3. The average molecular weight is 409 g/mol. The Morgan fingerprint density at radius 1 is 1.21 bits per heavy atom. The summed E-state index contributed by atoms with van der Waals surface area (Å²) in [6.45, 7) is 9.21. The Bertz CT molecular complexity index is 880. The third-order valence-electron chi connectivity index (χ3n) is 4.86. The molecule has 1 aromatic carbocycles. The number of alkyl halides is 3. The van der Waals surface area contributed by atoms with E-state index in [1.165, 1.54) is 0 Å². The van der Waals surface area contributed by atoms with Gasteiger partial charge in [0.15, 0.2) is 6.04 Å². The smallest absolute Gasteiger partial charge is 0.410 e. The highest BCUT2D eigenvalue weighted by Gasteiger charge is 2.47. The minimum Gasteiger partial charge on any atom is -0.456 e. The third-order valence-corrected chi connectivity index (χ3v) is 4.86. The number of anilines is 1. The summed E-state index contributed by atoms with van der Waals surface area (Å²) in [5, 5.41) is 6.93. The number of nitrogens with zero attached hydrogens (tertiary/aromatic N) is 2. The van der Waals surface area contributed by atoms with Crippen LogP contribution in [0.25, 0.3) is 0 Å². The Kier molecular flexibility index (Phi) is 5.40. The van der Waals surface area contributed by atoms with E-state index >= 15 is 0 Å². The largest absolute Gasteiger partial charge is 0.456 e. The van der Waals surface area contributed by atoms with Crippen LogP contribution in [0.4, 0.5) is 19.0 Å². The van der Waals surface area contributed by atoms with E-state index in [2.05, 4.69) is 24.3 Å². The summed E-state index contributed by atoms with van der Waals surface area (Å²) >= 11 is 0. The number of hydrogen-bond donors (Lipinski definition) is 1. The summed E-state index contributed by atoms with van der Waals surface area (Å²) in [5.74, 6) is -0.347. The number of hydrogen-bond acceptors (Lipinski definition) is 4. The molecule has 2 heterocycles. The molecule has 0 spiro atoms. The summed E-state index contributed by atoms with van der Waals surface area (Å²) in [5.41, 5.74) is 1.07. The molecule has 0 aliphatic carbocycles. The molecule has 2 unspecified atom stereocenters. The summed E-state index contributed by atoms with van der Waals surface area (Å²) < 4.78 is 47.5. The third kappa shape index (κ3) is 4.57. The molecule has 0 fully saturated rings. The number of fused-ring (bicyclic) bond motifs is 1. The van der Waals surface area contributed by atoms with Crippen molar-refractivity contribution in [1.82, 2.24) is 9.78 Å². The molecule has 2 atom stereocenters. The van der Waals surface area contributed by atoms with E-state index in [1.54, 1.807) is 20.8 Å². The van der Waals surface area contributed by atoms with Crippen molar-refractivity contribution in [2.24, 2.45) is 0 Å². The minimum absolute atomic E-state index is 0.00215. The first-order chi connectivity index (χ1) is 13.4. The predicted octanol–water partition coefficient (Wildman–Crippen LogP) is 5.62. The van der Waals surface area contributed by atoms with E-state index in [0.29, 0.717) is 5.92 Å². The fourth-order valence-electron chi connectivity index (χ4n) is 3.38. The van der Waals surface area contributed by atoms with Crippen LogP contribution < -0.4 is 5.32 Å². The van der Waals surface area contributed by atoms with Crippen LogP contribution in [0.15, 0.2) is 30.5 Å². The van der Waals surface area contributed by atoms with Crippen LogP contribution in [0.2, 0.25) is 0 Å². The average Bonchev–Trinajstić information content (AvgIpc) is 3.02. The molecule has 0 bridgehead atoms. The van der Waals surface area contributed by atoms with Crippen LogP contribution in [-0.4, -0.2) is 27.5 Å². The van der Waals surface area contributed by atoms with Gasteiger partial charge in [0.1, 0.15) is 17.0 Å². The van der Waals surface area contributed by atoms with Crippen molar-refractivity contribution in [3.8, 4) is 0 Å². The molecule has 1 aliphatic heterocycles. The van der Waals surface area contributed by atoms with E-state index in [-0.39, 0.29) is 17.8 Å². The maximum absolute atomic E-state index is 13.8. The first kappa shape index (κ1) is 21.2. The first-order valence-corrected chi connectivity index (χ1v) is 9.61. The molecule has 1 aliphatic rings. The second-order valence-electron chi connectivity index (χ2n) is 8.66. The summed E-state index contributed by atoms with van der Waals surface area (Å²) in [4.78, 5) is 12.5. The lowest BCUT2D eigenvalue weighted by molar-refractivity contribution is -0.173. The van der Waals surface area contributed by atoms with Crippen molar-refractivity contribution in [2.75, 3.05) is 5.32 Å². The highest BCUT2D eigenvalue weighted by atomic mass is 19.4. The SMILES string of the molecule is CC(C)c1ccc(C2CC(C(F)(F)F)n3ncc(C(=O)OC(C)(C)C)c3N2)cc1. The molecular weight excluding hydrogens is 383 g/mol. The zero-order chi connectivity index (χ0) is 21.6. The van der Waals surface area contributed by atoms with Gasteiger partial charge in [0.2, 0.25) is 0 Å². The Balaban J connectivity index is 1.98. The van der Waals surface area contributed by atoms with Crippen molar-refractivity contribution in [3.05, 3.63) is 47.2 Å². The number of halogens is 3. The van der Waals surface area contributed by atoms with E-state index in [9.17, 15) is 18.0 Å². The Morgan fingerprint density at radius 3 is 2.34 bits per heavy atom. The molecule has 8 heteroatoms. The monoisotopic (exact) mass is 409 g/mol. The maximum atomic E-state index is 13.8. The number of rotatable bonds is 3. The zero-order valence-corrected chi connectivity index (χ0v) is 17.2. The molecule has 29 heavy (non-hydrogen) atoms. The van der Waals surface area contributed by atoms with Gasteiger partial charge in [-0.3, -0.25) is 0 Å². The van der Waals surface area contributed by atoms with Gasteiger partial charge in [-0.1, -0.05) is 38.1 Å². The molecule has 2 aromatic rings. The molecule has 0 radical (unpaired) electrons. The van der Waals surface area contributed by atoms with Gasteiger partial charge in [-0.15, -0.1) is 0 Å². The predicted molar refractivity (Wildman–Crippen MR) is 104 cm³/mol. The van der Waals surface area contributed by atoms with Gasteiger partial charge >= 0.3 is 12.1 Å². The molecule has 0 saturated heterocycles. The molecule has 1 aromatic heterocycles. The van der Waals surface area contributed by atoms with Crippen LogP contribution in [0.5, 0.6) is 0 Å². The lowest BCUT2D eigenvalue weighted by Crippen LogP contribution is -2.36. The van der Waals surface area contributed by atoms with Crippen LogP contribution in [0.1, 0.15) is 80.5 Å². The lowest BCUT2D eigenvalue weighted by atomic mass is 9.94. The highest BCUT2D eigenvalue weighted by molar-refractivity contribution is 5.95. The maximum Gasteiger partial charge on any atom is 0.410 e. The minimum atomic E-state index is -4.50. The van der Waals surface area contributed by atoms with Crippen molar-refractivity contribution >= 4 is 11.8 Å². The Morgan fingerprint density at radius 2 is 1.83 bits per heavy atom. The van der Waals surface area contributed by atoms with Crippen molar-refractivity contribution in [1.29, 1.82) is 0 Å². The Labute approximate surface area is 168 Å². The molecule has 5 nitrogen and oxygen atoms in total. The van der Waals surface area contributed by atoms with Gasteiger partial charge in [-0.25, -0.2) is 9.48 Å². The number of esters is 1. The molecule has 1 N–H and O–H groups in total. The van der Waals surface area contributed by atoms with E-state index in [4.69, 9.17) is 4.74 Å². The molecule has 158 valence electrons. The fourth-order valence-corrected chi connectivity index (χ4v) is 3.38. The molecular formula is C21H26F3N3O2. The van der Waals surface area contributed by atoms with E-state index in [1.807, 2.05) is 24.3 Å². The quantitative estimate of drug-likeness (QED) is 0.669. The van der Waals surface area contributed by atoms with Gasteiger partial charge < -0.3 is 10.1 Å². The number of carbonyl (C=O) groups excluding carboxylic acids is 1. The molecule has 3 rings (SSSR count). The molecule has 0 saturated carbocycles. The molecule has 0 amide bonds. The number of aromatic nitrogens is 2. The lowest BCUT2D eigenvalue weighted by Gasteiger charge is -2.34. The van der Waals surface area contributed by atoms with Crippen LogP contribution in [0, 0.1) is 0 Å². The van der Waals surface area contributed by atoms with Crippen molar-refractivity contribution in [3.63, 3.8) is 0 Å². The summed E-state index contributed by atoms with van der Waals surface area (Å²) in [7, 11) is 0. The highest BCUT2D eigenvalue weighted by Crippen LogP contribution is 2.44. The number of benzene rings is 1. The number of ether oxygens (including phenoxy) is 1.